The summed E-state index contributed by atoms with van der Waals surface area (Å²) < 4.78 is 5.07. The summed E-state index contributed by atoms with van der Waals surface area (Å²) >= 11 is 0. The Bertz CT molecular complexity index is 1230. The van der Waals surface area contributed by atoms with E-state index in [1.165, 1.54) is 19.1 Å². The lowest BCUT2D eigenvalue weighted by Crippen LogP contribution is -2.43. The Balaban J connectivity index is 1.49. The number of allylic oxidation sites excluding steroid dienone is 1. The zero-order valence-electron chi connectivity index (χ0n) is 16.3. The summed E-state index contributed by atoms with van der Waals surface area (Å²) in [7, 11) is 0. The first-order valence-corrected chi connectivity index (χ1v) is 9.33. The molecule has 0 radical (unpaired) electrons. The number of imide groups is 1. The number of amides is 2. The average Bonchev–Trinajstić information content (AvgIpc) is 3.31. The standard InChI is InChI=1S/C22H16N4O5/c1-12(26-20(28)13-6-2-3-7-14(13)21(26)29)22(30)31-11-18(27)15(10-23)19-24-16-8-4-5-9-17(16)25-19/h2-9,12,27H,11H2,1H3,(H,24,25)/t12-/m1/s1. The number of fused-ring (bicyclic) bond motifs is 2. The Hall–Kier alpha value is -4.45. The highest BCUT2D eigenvalue weighted by molar-refractivity contribution is 6.22. The van der Waals surface area contributed by atoms with Crippen molar-refractivity contribution < 1.29 is 24.2 Å². The summed E-state index contributed by atoms with van der Waals surface area (Å²) in [5, 5.41) is 19.7. The minimum absolute atomic E-state index is 0.130. The number of hydrogen-bond donors (Lipinski definition) is 2. The number of benzene rings is 2. The molecule has 3 aromatic rings. The zero-order valence-corrected chi connectivity index (χ0v) is 16.3. The predicted octanol–water partition coefficient (Wildman–Crippen LogP) is 2.58. The number of nitriles is 1. The van der Waals surface area contributed by atoms with E-state index in [1.807, 2.05) is 6.07 Å². The van der Waals surface area contributed by atoms with Gasteiger partial charge in [0.15, 0.2) is 11.6 Å². The van der Waals surface area contributed by atoms with Gasteiger partial charge in [-0.25, -0.2) is 9.78 Å². The molecule has 1 aliphatic rings. The lowest BCUT2D eigenvalue weighted by Gasteiger charge is -2.20. The van der Waals surface area contributed by atoms with Crippen LogP contribution >= 0.6 is 0 Å². The highest BCUT2D eigenvalue weighted by atomic mass is 16.5. The van der Waals surface area contributed by atoms with Gasteiger partial charge in [-0.3, -0.25) is 14.5 Å². The highest BCUT2D eigenvalue weighted by Crippen LogP contribution is 2.25. The predicted molar refractivity (Wildman–Crippen MR) is 109 cm³/mol. The monoisotopic (exact) mass is 416 g/mol. The first-order chi connectivity index (χ1) is 14.9. The van der Waals surface area contributed by atoms with Crippen LogP contribution in [0.4, 0.5) is 0 Å². The van der Waals surface area contributed by atoms with E-state index in [1.54, 1.807) is 36.4 Å². The number of carbonyl (C=O) groups excluding carboxylic acids is 3. The quantitative estimate of drug-likeness (QED) is 0.282. The first kappa shape index (κ1) is 19.8. The van der Waals surface area contributed by atoms with Crippen molar-refractivity contribution in [1.82, 2.24) is 14.9 Å². The van der Waals surface area contributed by atoms with Gasteiger partial charge in [0.25, 0.3) is 11.8 Å². The van der Waals surface area contributed by atoms with Crippen LogP contribution in [0.2, 0.25) is 0 Å². The van der Waals surface area contributed by atoms with E-state index < -0.39 is 36.2 Å². The molecule has 1 aliphatic heterocycles. The molecule has 31 heavy (non-hydrogen) atoms. The van der Waals surface area contributed by atoms with E-state index in [2.05, 4.69) is 9.97 Å². The minimum Gasteiger partial charge on any atom is -0.507 e. The zero-order chi connectivity index (χ0) is 22.1. The second kappa shape index (κ2) is 7.76. The second-order valence-electron chi connectivity index (χ2n) is 6.85. The molecule has 0 aliphatic carbocycles. The van der Waals surface area contributed by atoms with Crippen molar-refractivity contribution in [2.24, 2.45) is 0 Å². The van der Waals surface area contributed by atoms with Gasteiger partial charge in [0.05, 0.1) is 22.2 Å². The number of imidazole rings is 1. The third-order valence-electron chi connectivity index (χ3n) is 4.93. The van der Waals surface area contributed by atoms with Crippen LogP contribution in [0.1, 0.15) is 33.5 Å². The molecule has 1 aromatic heterocycles. The maximum atomic E-state index is 12.5. The lowest BCUT2D eigenvalue weighted by molar-refractivity contribution is -0.147. The van der Waals surface area contributed by atoms with Crippen LogP contribution in [0, 0.1) is 11.3 Å². The number of nitrogens with one attached hydrogen (secondary N) is 1. The second-order valence-corrected chi connectivity index (χ2v) is 6.85. The van der Waals surface area contributed by atoms with E-state index in [-0.39, 0.29) is 22.5 Å². The molecule has 2 heterocycles. The number of aliphatic hydroxyl groups excluding tert-OH is 1. The van der Waals surface area contributed by atoms with E-state index in [0.717, 1.165) is 4.90 Å². The molecular weight excluding hydrogens is 400 g/mol. The molecule has 2 aromatic carbocycles. The number of ether oxygens (including phenoxy) is 1. The third-order valence-corrected chi connectivity index (χ3v) is 4.93. The fourth-order valence-electron chi connectivity index (χ4n) is 3.32. The molecule has 2 N–H and O–H groups in total. The van der Waals surface area contributed by atoms with Crippen molar-refractivity contribution in [2.75, 3.05) is 6.61 Å². The number of aromatic nitrogens is 2. The fourth-order valence-corrected chi connectivity index (χ4v) is 3.32. The van der Waals surface area contributed by atoms with Gasteiger partial charge in [-0.15, -0.1) is 0 Å². The molecule has 0 unspecified atom stereocenters. The third kappa shape index (κ3) is 3.40. The Morgan fingerprint density at radius 1 is 1.16 bits per heavy atom. The molecule has 9 heteroatoms. The Morgan fingerprint density at radius 3 is 2.39 bits per heavy atom. The van der Waals surface area contributed by atoms with Gasteiger partial charge >= 0.3 is 5.97 Å². The van der Waals surface area contributed by atoms with Crippen molar-refractivity contribution in [3.05, 3.63) is 71.2 Å². The van der Waals surface area contributed by atoms with Gasteiger partial charge in [0.2, 0.25) is 0 Å². The smallest absolute Gasteiger partial charge is 0.329 e. The van der Waals surface area contributed by atoms with Crippen LogP contribution in [0.5, 0.6) is 0 Å². The number of hydrogen-bond acceptors (Lipinski definition) is 7. The van der Waals surface area contributed by atoms with Crippen molar-refractivity contribution in [3.8, 4) is 6.07 Å². The number of rotatable bonds is 5. The van der Waals surface area contributed by atoms with Crippen LogP contribution in [-0.4, -0.2) is 50.4 Å². The van der Waals surface area contributed by atoms with E-state index >= 15 is 0 Å². The van der Waals surface area contributed by atoms with Crippen molar-refractivity contribution in [1.29, 1.82) is 5.26 Å². The summed E-state index contributed by atoms with van der Waals surface area (Å²) in [4.78, 5) is 45.4. The normalized spacial score (nSPS) is 14.8. The van der Waals surface area contributed by atoms with Crippen LogP contribution in [0.25, 0.3) is 16.6 Å². The fraction of sp³-hybridized carbons (Fsp3) is 0.136. The summed E-state index contributed by atoms with van der Waals surface area (Å²) in [5.74, 6) is -2.47. The lowest BCUT2D eigenvalue weighted by atomic mass is 10.1. The summed E-state index contributed by atoms with van der Waals surface area (Å²) in [5.41, 5.74) is 1.53. The first-order valence-electron chi connectivity index (χ1n) is 9.33. The van der Waals surface area contributed by atoms with E-state index in [9.17, 15) is 24.8 Å². The molecule has 0 saturated heterocycles. The molecular formula is C22H16N4O5. The van der Waals surface area contributed by atoms with Crippen LogP contribution in [0.3, 0.4) is 0 Å². The average molecular weight is 416 g/mol. The summed E-state index contributed by atoms with van der Waals surface area (Å²) in [6, 6.07) is 14.0. The van der Waals surface area contributed by atoms with Crippen LogP contribution in [-0.2, 0) is 9.53 Å². The van der Waals surface area contributed by atoms with Crippen LogP contribution in [0.15, 0.2) is 54.3 Å². The molecule has 1 atom stereocenters. The maximum absolute atomic E-state index is 12.5. The van der Waals surface area contributed by atoms with Crippen molar-refractivity contribution >= 4 is 34.4 Å². The van der Waals surface area contributed by atoms with Gasteiger partial charge < -0.3 is 14.8 Å². The largest absolute Gasteiger partial charge is 0.507 e. The van der Waals surface area contributed by atoms with Gasteiger partial charge in [-0.2, -0.15) is 5.26 Å². The number of aliphatic hydroxyl groups is 1. The molecule has 9 nitrogen and oxygen atoms in total. The molecule has 4 rings (SSSR count). The molecule has 0 spiro atoms. The van der Waals surface area contributed by atoms with Crippen LogP contribution < -0.4 is 0 Å². The molecule has 2 amide bonds. The molecule has 0 fully saturated rings. The Morgan fingerprint density at radius 2 is 1.77 bits per heavy atom. The van der Waals surface area contributed by atoms with E-state index in [4.69, 9.17) is 4.74 Å². The number of para-hydroxylation sites is 2. The minimum atomic E-state index is -1.21. The van der Waals surface area contributed by atoms with Gasteiger partial charge in [-0.1, -0.05) is 24.3 Å². The SMILES string of the molecule is C[C@H](C(=O)OCC(O)=C(C#N)c1nc2ccccc2[nH]1)N1C(=O)c2ccccc2C1=O. The highest BCUT2D eigenvalue weighted by Gasteiger charge is 2.41. The molecule has 0 bridgehead atoms. The maximum Gasteiger partial charge on any atom is 0.329 e. The Labute approximate surface area is 176 Å². The number of H-pyrrole nitrogens is 1. The number of esters is 1. The summed E-state index contributed by atoms with van der Waals surface area (Å²) in [6.45, 7) is 0.738. The van der Waals surface area contributed by atoms with E-state index in [0.29, 0.717) is 11.0 Å². The Kier molecular flexibility index (Phi) is 4.97. The van der Waals surface area contributed by atoms with Gasteiger partial charge in [0.1, 0.15) is 24.3 Å². The van der Waals surface area contributed by atoms with Crippen molar-refractivity contribution in [3.63, 3.8) is 0 Å². The number of nitrogens with zero attached hydrogens (tertiary/aromatic N) is 3. The van der Waals surface area contributed by atoms with Crippen molar-refractivity contribution in [2.45, 2.75) is 13.0 Å². The molecule has 0 saturated carbocycles. The number of carbonyl (C=O) groups is 3. The molecule has 154 valence electrons. The van der Waals surface area contributed by atoms with Gasteiger partial charge in [-0.05, 0) is 31.2 Å². The topological polar surface area (TPSA) is 136 Å². The summed E-state index contributed by atoms with van der Waals surface area (Å²) in [6.07, 6.45) is 0. The van der Waals surface area contributed by atoms with Gasteiger partial charge in [0, 0.05) is 0 Å². The number of aromatic amines is 1.